The molecule has 1 amide bonds. The third kappa shape index (κ3) is 5.58. The second-order valence-corrected chi connectivity index (χ2v) is 10.6. The molecular formula is C28H33N7O3. The Balaban J connectivity index is 1.10. The minimum Gasteiger partial charge on any atom is -0.351 e. The maximum absolute atomic E-state index is 12.7. The zero-order valence-electron chi connectivity index (χ0n) is 22.0. The van der Waals surface area contributed by atoms with Gasteiger partial charge in [-0.05, 0) is 41.7 Å². The summed E-state index contributed by atoms with van der Waals surface area (Å²) in [5.74, 6) is -0.0419. The third-order valence-electron chi connectivity index (χ3n) is 7.27. The Labute approximate surface area is 222 Å². The topological polar surface area (TPSA) is 115 Å². The molecule has 38 heavy (non-hydrogen) atoms. The summed E-state index contributed by atoms with van der Waals surface area (Å²) in [7, 11) is 0. The molecule has 1 atom stereocenters. The molecule has 2 aliphatic rings. The number of likely N-dealkylation sites (tertiary alicyclic amines) is 1. The van der Waals surface area contributed by atoms with Gasteiger partial charge in [-0.1, -0.05) is 56.3 Å². The molecule has 1 aliphatic carbocycles. The lowest BCUT2D eigenvalue weighted by molar-refractivity contribution is -0.150. The van der Waals surface area contributed by atoms with Crippen LogP contribution in [0.25, 0.3) is 6.08 Å². The molecule has 5 rings (SSSR count). The highest BCUT2D eigenvalue weighted by Gasteiger charge is 2.44. The van der Waals surface area contributed by atoms with Gasteiger partial charge in [-0.25, -0.2) is 14.8 Å². The van der Waals surface area contributed by atoms with Crippen LogP contribution in [0.1, 0.15) is 56.0 Å². The average Bonchev–Trinajstić information content (AvgIpc) is 3.53. The number of carbonyl (C=O) groups excluding carboxylic acids is 2. The van der Waals surface area contributed by atoms with E-state index >= 15 is 0 Å². The lowest BCUT2D eigenvalue weighted by Gasteiger charge is -2.46. The van der Waals surface area contributed by atoms with Crippen LogP contribution < -0.4 is 10.2 Å². The molecule has 1 aromatic carbocycles. The van der Waals surface area contributed by atoms with Crippen LogP contribution in [0.4, 0.5) is 5.95 Å². The Morgan fingerprint density at radius 2 is 1.87 bits per heavy atom. The van der Waals surface area contributed by atoms with E-state index < -0.39 is 0 Å². The number of fused-ring (bicyclic) bond motifs is 1. The van der Waals surface area contributed by atoms with E-state index in [-0.39, 0.29) is 29.3 Å². The third-order valence-corrected chi connectivity index (χ3v) is 7.27. The lowest BCUT2D eigenvalue weighted by Crippen LogP contribution is -2.59. The minimum atomic E-state index is -0.348. The Hall–Kier alpha value is -4.08. The summed E-state index contributed by atoms with van der Waals surface area (Å²) < 4.78 is 0. The Kier molecular flexibility index (Phi) is 7.22. The molecule has 1 N–H and O–H groups in total. The smallest absolute Gasteiger partial charge is 0.337 e. The molecular weight excluding hydrogens is 482 g/mol. The SMILES string of the molecule is CCCC(C)C(=O)On1cc(C2(C)CN(C(=O)/C=C/c3cnc(NC4Cc5ccccc5C4)nc3)C2)nn1. The van der Waals surface area contributed by atoms with E-state index in [4.69, 9.17) is 4.84 Å². The van der Waals surface area contributed by atoms with E-state index in [0.717, 1.165) is 36.1 Å². The molecule has 1 saturated heterocycles. The molecule has 0 spiro atoms. The van der Waals surface area contributed by atoms with Gasteiger partial charge < -0.3 is 15.1 Å². The van der Waals surface area contributed by atoms with Crippen LogP contribution in [-0.4, -0.2) is 61.0 Å². The highest BCUT2D eigenvalue weighted by molar-refractivity contribution is 5.92. The van der Waals surface area contributed by atoms with E-state index in [1.807, 2.05) is 20.8 Å². The van der Waals surface area contributed by atoms with Crippen molar-refractivity contribution in [3.63, 3.8) is 0 Å². The molecule has 3 aromatic rings. The molecule has 1 unspecified atom stereocenters. The largest absolute Gasteiger partial charge is 0.351 e. The van der Waals surface area contributed by atoms with Crippen LogP contribution in [0.5, 0.6) is 0 Å². The molecule has 1 fully saturated rings. The molecule has 3 heterocycles. The van der Waals surface area contributed by atoms with E-state index in [9.17, 15) is 9.59 Å². The first-order chi connectivity index (χ1) is 18.3. The van der Waals surface area contributed by atoms with Gasteiger partial charge in [0, 0.05) is 48.6 Å². The number of carbonyl (C=O) groups is 2. The van der Waals surface area contributed by atoms with Crippen molar-refractivity contribution in [1.29, 1.82) is 0 Å². The number of amides is 1. The van der Waals surface area contributed by atoms with Gasteiger partial charge in [-0.3, -0.25) is 4.79 Å². The van der Waals surface area contributed by atoms with Gasteiger partial charge in [-0.2, -0.15) is 0 Å². The quantitative estimate of drug-likeness (QED) is 0.342. The van der Waals surface area contributed by atoms with Crippen molar-refractivity contribution in [2.45, 2.75) is 57.9 Å². The second kappa shape index (κ2) is 10.7. The van der Waals surface area contributed by atoms with E-state index in [0.29, 0.717) is 24.7 Å². The average molecular weight is 516 g/mol. The first kappa shape index (κ1) is 25.6. The Bertz CT molecular complexity index is 1300. The van der Waals surface area contributed by atoms with Gasteiger partial charge in [0.05, 0.1) is 17.8 Å². The zero-order chi connectivity index (χ0) is 26.7. The van der Waals surface area contributed by atoms with Crippen molar-refractivity contribution in [2.24, 2.45) is 5.92 Å². The summed E-state index contributed by atoms with van der Waals surface area (Å²) in [5, 5.41) is 11.5. The highest BCUT2D eigenvalue weighted by atomic mass is 16.7. The van der Waals surface area contributed by atoms with Gasteiger partial charge in [0.2, 0.25) is 11.9 Å². The van der Waals surface area contributed by atoms with Crippen LogP contribution in [0.3, 0.4) is 0 Å². The number of benzene rings is 1. The lowest BCUT2D eigenvalue weighted by atomic mass is 9.79. The van der Waals surface area contributed by atoms with E-state index in [2.05, 4.69) is 49.9 Å². The van der Waals surface area contributed by atoms with Crippen molar-refractivity contribution in [2.75, 3.05) is 18.4 Å². The zero-order valence-corrected chi connectivity index (χ0v) is 22.0. The first-order valence-electron chi connectivity index (χ1n) is 13.1. The van der Waals surface area contributed by atoms with Crippen molar-refractivity contribution < 1.29 is 14.4 Å². The number of hydrogen-bond donors (Lipinski definition) is 1. The fourth-order valence-corrected chi connectivity index (χ4v) is 5.03. The number of hydrogen-bond acceptors (Lipinski definition) is 8. The predicted octanol–water partition coefficient (Wildman–Crippen LogP) is 2.85. The maximum atomic E-state index is 12.7. The summed E-state index contributed by atoms with van der Waals surface area (Å²) in [4.78, 5) is 41.8. The number of aromatic nitrogens is 5. The Morgan fingerprint density at radius 3 is 2.53 bits per heavy atom. The fraction of sp³-hybridized carbons (Fsp3) is 0.429. The van der Waals surface area contributed by atoms with Gasteiger partial charge in [0.15, 0.2) is 0 Å². The van der Waals surface area contributed by atoms with Gasteiger partial charge in [-0.15, -0.1) is 5.10 Å². The molecule has 10 heteroatoms. The minimum absolute atomic E-state index is 0.0967. The van der Waals surface area contributed by atoms with Crippen molar-refractivity contribution in [1.82, 2.24) is 30.0 Å². The molecule has 2 aromatic heterocycles. The molecule has 0 bridgehead atoms. The van der Waals surface area contributed by atoms with Crippen LogP contribution >= 0.6 is 0 Å². The molecule has 0 radical (unpaired) electrons. The van der Waals surface area contributed by atoms with Gasteiger partial charge in [0.1, 0.15) is 0 Å². The summed E-state index contributed by atoms with van der Waals surface area (Å²) in [6.07, 6.45) is 11.9. The maximum Gasteiger partial charge on any atom is 0.337 e. The number of rotatable bonds is 9. The molecule has 198 valence electrons. The van der Waals surface area contributed by atoms with Crippen molar-refractivity contribution in [3.8, 4) is 0 Å². The number of nitrogens with one attached hydrogen (secondary N) is 1. The fourth-order valence-electron chi connectivity index (χ4n) is 5.03. The van der Waals surface area contributed by atoms with Crippen LogP contribution in [0.2, 0.25) is 0 Å². The summed E-state index contributed by atoms with van der Waals surface area (Å²) in [6.45, 7) is 6.87. The van der Waals surface area contributed by atoms with Gasteiger partial charge >= 0.3 is 5.97 Å². The van der Waals surface area contributed by atoms with Crippen molar-refractivity contribution in [3.05, 3.63) is 71.3 Å². The molecule has 1 aliphatic heterocycles. The van der Waals surface area contributed by atoms with E-state index in [1.54, 1.807) is 29.6 Å². The van der Waals surface area contributed by atoms with Crippen LogP contribution in [-0.2, 0) is 27.8 Å². The van der Waals surface area contributed by atoms with E-state index in [1.165, 1.54) is 17.2 Å². The monoisotopic (exact) mass is 515 g/mol. The highest BCUT2D eigenvalue weighted by Crippen LogP contribution is 2.33. The summed E-state index contributed by atoms with van der Waals surface area (Å²) >= 11 is 0. The van der Waals surface area contributed by atoms with Crippen LogP contribution in [0, 0.1) is 5.92 Å². The number of nitrogens with zero attached hydrogens (tertiary/aromatic N) is 6. The first-order valence-corrected chi connectivity index (χ1v) is 13.1. The molecule has 10 nitrogen and oxygen atoms in total. The molecule has 0 saturated carbocycles. The standard InChI is InChI=1S/C28H33N7O3/c1-4-7-19(2)26(37)38-35-16-24(32-33-35)28(3)17-34(18-28)25(36)11-10-20-14-29-27(30-15-20)31-23-12-21-8-5-6-9-22(21)13-23/h5-6,8-11,14-16,19,23H,4,7,12-13,17-18H2,1-3H3,(H,29,30,31)/b11-10+. The van der Waals surface area contributed by atoms with Crippen LogP contribution in [0.15, 0.2) is 48.9 Å². The summed E-state index contributed by atoms with van der Waals surface area (Å²) in [6, 6.07) is 8.76. The van der Waals surface area contributed by atoms with Gasteiger partial charge in [0.25, 0.3) is 0 Å². The summed E-state index contributed by atoms with van der Waals surface area (Å²) in [5.41, 5.74) is 3.83. The Morgan fingerprint density at radius 1 is 1.18 bits per heavy atom. The second-order valence-electron chi connectivity index (χ2n) is 10.6. The number of anilines is 1. The predicted molar refractivity (Wildman–Crippen MR) is 142 cm³/mol. The van der Waals surface area contributed by atoms with Crippen molar-refractivity contribution >= 4 is 23.9 Å². The normalized spacial score (nSPS) is 17.2.